The molecule has 1 heterocycles. The summed E-state index contributed by atoms with van der Waals surface area (Å²) in [7, 11) is 0. The molecule has 2 atom stereocenters. The number of aliphatic hydroxyl groups excluding tert-OH is 1. The van der Waals surface area contributed by atoms with Gasteiger partial charge >= 0.3 is 12.0 Å². The molecule has 0 aromatic heterocycles. The van der Waals surface area contributed by atoms with Crippen LogP contribution < -0.4 is 10.2 Å². The third-order valence-electron chi connectivity index (χ3n) is 3.44. The van der Waals surface area contributed by atoms with Gasteiger partial charge in [0.25, 0.3) is 0 Å². The van der Waals surface area contributed by atoms with Gasteiger partial charge in [0.1, 0.15) is 6.04 Å². The maximum atomic E-state index is 12.3. The molecular formula is C14H18N2O4. The first-order valence-electron chi connectivity index (χ1n) is 6.56. The van der Waals surface area contributed by atoms with E-state index in [1.54, 1.807) is 4.90 Å². The predicted octanol–water partition coefficient (Wildman–Crippen LogP) is 0.983. The number of nitrogens with one attached hydrogen (secondary N) is 1. The van der Waals surface area contributed by atoms with Gasteiger partial charge in [-0.2, -0.15) is 0 Å². The van der Waals surface area contributed by atoms with E-state index in [0.29, 0.717) is 0 Å². The number of carboxylic acids is 1. The minimum absolute atomic E-state index is 0.00899. The van der Waals surface area contributed by atoms with Gasteiger partial charge < -0.3 is 15.5 Å². The zero-order valence-corrected chi connectivity index (χ0v) is 11.2. The number of anilines is 1. The highest BCUT2D eigenvalue weighted by Gasteiger charge is 2.32. The van der Waals surface area contributed by atoms with E-state index in [4.69, 9.17) is 10.2 Å². The molecule has 1 aliphatic rings. The molecule has 6 heteroatoms. The first kappa shape index (κ1) is 14.3. The Morgan fingerprint density at radius 3 is 2.80 bits per heavy atom. The molecule has 0 spiro atoms. The van der Waals surface area contributed by atoms with Crippen molar-refractivity contribution in [1.29, 1.82) is 0 Å². The highest BCUT2D eigenvalue weighted by atomic mass is 16.4. The Morgan fingerprint density at radius 2 is 2.15 bits per heavy atom. The number of para-hydroxylation sites is 1. The van der Waals surface area contributed by atoms with Gasteiger partial charge in [-0.1, -0.05) is 18.2 Å². The Hall–Kier alpha value is -2.08. The molecule has 3 N–H and O–H groups in total. The number of nitrogens with zero attached hydrogens (tertiary/aromatic N) is 1. The molecule has 6 nitrogen and oxygen atoms in total. The zero-order chi connectivity index (χ0) is 14.7. The molecule has 0 saturated heterocycles. The van der Waals surface area contributed by atoms with Crippen molar-refractivity contribution in [3.63, 3.8) is 0 Å². The monoisotopic (exact) mass is 278 g/mol. The number of amides is 2. The second-order valence-electron chi connectivity index (χ2n) is 4.90. The molecule has 0 aliphatic carbocycles. The van der Waals surface area contributed by atoms with Crippen LogP contribution in [0.25, 0.3) is 0 Å². The number of fused-ring (bicyclic) bond motifs is 1. The van der Waals surface area contributed by atoms with Crippen LogP contribution in [-0.4, -0.2) is 40.9 Å². The summed E-state index contributed by atoms with van der Waals surface area (Å²) in [6.07, 6.45) is 0.742. The van der Waals surface area contributed by atoms with Crippen LogP contribution in [0.5, 0.6) is 0 Å². The number of urea groups is 1. The number of carbonyl (C=O) groups excluding carboxylic acids is 1. The Labute approximate surface area is 117 Å². The Bertz CT molecular complexity index is 518. The van der Waals surface area contributed by atoms with Crippen molar-refractivity contribution in [3.05, 3.63) is 29.8 Å². The van der Waals surface area contributed by atoms with Crippen LogP contribution >= 0.6 is 0 Å². The van der Waals surface area contributed by atoms with Crippen LogP contribution in [0.15, 0.2) is 24.3 Å². The van der Waals surface area contributed by atoms with Crippen molar-refractivity contribution < 1.29 is 19.8 Å². The van der Waals surface area contributed by atoms with Crippen LogP contribution in [0.3, 0.4) is 0 Å². The van der Waals surface area contributed by atoms with Gasteiger partial charge in [0.15, 0.2) is 0 Å². The number of carbonyl (C=O) groups is 2. The molecule has 0 fully saturated rings. The van der Waals surface area contributed by atoms with Gasteiger partial charge in [-0.25, -0.2) is 9.59 Å². The minimum atomic E-state index is -1.15. The maximum absolute atomic E-state index is 12.3. The molecule has 0 bridgehead atoms. The van der Waals surface area contributed by atoms with Crippen LogP contribution in [-0.2, 0) is 11.2 Å². The van der Waals surface area contributed by atoms with Crippen molar-refractivity contribution in [3.8, 4) is 0 Å². The second-order valence-corrected chi connectivity index (χ2v) is 4.90. The predicted molar refractivity (Wildman–Crippen MR) is 73.7 cm³/mol. The van der Waals surface area contributed by atoms with E-state index < -0.39 is 18.0 Å². The number of aliphatic carboxylic acids is 1. The molecule has 0 radical (unpaired) electrons. The summed E-state index contributed by atoms with van der Waals surface area (Å²) in [6, 6.07) is 6.03. The summed E-state index contributed by atoms with van der Waals surface area (Å²) in [5, 5.41) is 20.3. The normalized spacial score (nSPS) is 18.5. The van der Waals surface area contributed by atoms with Crippen molar-refractivity contribution in [1.82, 2.24) is 5.32 Å². The molecule has 2 rings (SSSR count). The number of rotatable bonds is 4. The smallest absolute Gasteiger partial charge is 0.326 e. The Balaban J connectivity index is 2.15. The van der Waals surface area contributed by atoms with Crippen molar-refractivity contribution >= 4 is 17.7 Å². The average molecular weight is 278 g/mol. The lowest BCUT2D eigenvalue weighted by atomic mass is 10.1. The first-order valence-corrected chi connectivity index (χ1v) is 6.56. The molecular weight excluding hydrogens is 260 g/mol. The number of benzene rings is 1. The van der Waals surface area contributed by atoms with Crippen LogP contribution in [0.1, 0.15) is 18.9 Å². The van der Waals surface area contributed by atoms with E-state index in [0.717, 1.165) is 17.7 Å². The summed E-state index contributed by atoms with van der Waals surface area (Å²) < 4.78 is 0. The highest BCUT2D eigenvalue weighted by molar-refractivity contribution is 5.96. The van der Waals surface area contributed by atoms with E-state index in [9.17, 15) is 9.59 Å². The lowest BCUT2D eigenvalue weighted by Gasteiger charge is -2.25. The molecule has 1 aromatic carbocycles. The zero-order valence-electron chi connectivity index (χ0n) is 11.2. The molecule has 1 aliphatic heterocycles. The van der Waals surface area contributed by atoms with E-state index in [2.05, 4.69) is 5.32 Å². The topological polar surface area (TPSA) is 89.9 Å². The summed E-state index contributed by atoms with van der Waals surface area (Å²) in [6.45, 7) is 1.63. The second kappa shape index (κ2) is 5.92. The van der Waals surface area contributed by atoms with Crippen molar-refractivity contribution in [2.75, 3.05) is 11.5 Å². The lowest BCUT2D eigenvalue weighted by Crippen LogP contribution is -2.50. The summed E-state index contributed by atoms with van der Waals surface area (Å²) in [5.74, 6) is -1.15. The SMILES string of the molecule is CC1Cc2ccccc2N1C(=O)N[C@@H](CCO)C(=O)O. The fourth-order valence-electron chi connectivity index (χ4n) is 2.48. The maximum Gasteiger partial charge on any atom is 0.326 e. The Kier molecular flexibility index (Phi) is 4.24. The number of carboxylic acid groups (broad SMARTS) is 1. The van der Waals surface area contributed by atoms with E-state index in [1.165, 1.54) is 0 Å². The van der Waals surface area contributed by atoms with Crippen LogP contribution in [0.4, 0.5) is 10.5 Å². The van der Waals surface area contributed by atoms with Gasteiger partial charge in [0, 0.05) is 24.8 Å². The molecule has 2 amide bonds. The molecule has 108 valence electrons. The summed E-state index contributed by atoms with van der Waals surface area (Å²) in [5.41, 5.74) is 1.88. The van der Waals surface area contributed by atoms with Crippen LogP contribution in [0, 0.1) is 0 Å². The number of hydrogen-bond acceptors (Lipinski definition) is 3. The Morgan fingerprint density at radius 1 is 1.45 bits per heavy atom. The van der Waals surface area contributed by atoms with E-state index in [-0.39, 0.29) is 19.1 Å². The third-order valence-corrected chi connectivity index (χ3v) is 3.44. The van der Waals surface area contributed by atoms with E-state index >= 15 is 0 Å². The summed E-state index contributed by atoms with van der Waals surface area (Å²) in [4.78, 5) is 24.9. The van der Waals surface area contributed by atoms with Gasteiger partial charge in [-0.15, -0.1) is 0 Å². The van der Waals surface area contributed by atoms with Gasteiger partial charge in [0.05, 0.1) is 0 Å². The van der Waals surface area contributed by atoms with Crippen molar-refractivity contribution in [2.45, 2.75) is 31.8 Å². The standard InChI is InChI=1S/C14H18N2O4/c1-9-8-10-4-2-3-5-12(10)16(9)14(20)15-11(6-7-17)13(18)19/h2-5,9,11,17H,6-8H2,1H3,(H,15,20)(H,18,19)/t9?,11-/m0/s1. The fourth-order valence-corrected chi connectivity index (χ4v) is 2.48. The largest absolute Gasteiger partial charge is 0.480 e. The molecule has 1 unspecified atom stereocenters. The first-order chi connectivity index (χ1) is 9.54. The lowest BCUT2D eigenvalue weighted by molar-refractivity contribution is -0.139. The highest BCUT2D eigenvalue weighted by Crippen LogP contribution is 2.31. The number of hydrogen-bond donors (Lipinski definition) is 3. The van der Waals surface area contributed by atoms with Gasteiger partial charge in [0.2, 0.25) is 0 Å². The quantitative estimate of drug-likeness (QED) is 0.766. The number of aliphatic hydroxyl groups is 1. The molecule has 0 saturated carbocycles. The average Bonchev–Trinajstić information content (AvgIpc) is 2.73. The summed E-state index contributed by atoms with van der Waals surface area (Å²) >= 11 is 0. The van der Waals surface area contributed by atoms with Gasteiger partial charge in [-0.05, 0) is 25.0 Å². The minimum Gasteiger partial charge on any atom is -0.480 e. The van der Waals surface area contributed by atoms with Crippen molar-refractivity contribution in [2.24, 2.45) is 0 Å². The van der Waals surface area contributed by atoms with E-state index in [1.807, 2.05) is 31.2 Å². The fraction of sp³-hybridized carbons (Fsp3) is 0.429. The van der Waals surface area contributed by atoms with Crippen LogP contribution in [0.2, 0.25) is 0 Å². The van der Waals surface area contributed by atoms with Gasteiger partial charge in [-0.3, -0.25) is 4.90 Å². The molecule has 20 heavy (non-hydrogen) atoms. The third kappa shape index (κ3) is 2.75. The molecule has 1 aromatic rings.